The Labute approximate surface area is 110 Å². The topological polar surface area (TPSA) is 95.7 Å². The first kappa shape index (κ1) is 14.7. The van der Waals surface area contributed by atoms with E-state index in [0.717, 1.165) is 0 Å². The van der Waals surface area contributed by atoms with Gasteiger partial charge in [-0.25, -0.2) is 4.79 Å². The number of carbonyl (C=O) groups is 3. The minimum absolute atomic E-state index is 0.102. The zero-order valence-electron chi connectivity index (χ0n) is 10.7. The van der Waals surface area contributed by atoms with Crippen LogP contribution in [0.2, 0.25) is 0 Å². The summed E-state index contributed by atoms with van der Waals surface area (Å²) < 4.78 is 9.87. The molecule has 6 nitrogen and oxygen atoms in total. The lowest BCUT2D eigenvalue weighted by atomic mass is 10.1. The Balaban J connectivity index is 2.53. The molecule has 0 saturated heterocycles. The molecular formula is C13H15NO5. The molecule has 0 fully saturated rings. The first-order valence-electron chi connectivity index (χ1n) is 5.62. The number of ether oxygens (including phenoxy) is 2. The molecule has 1 atom stereocenters. The van der Waals surface area contributed by atoms with Crippen LogP contribution in [-0.4, -0.2) is 30.4 Å². The summed E-state index contributed by atoms with van der Waals surface area (Å²) in [5.74, 6) is -1.17. The van der Waals surface area contributed by atoms with Crippen LogP contribution in [0.15, 0.2) is 24.3 Å². The average Bonchev–Trinajstić information content (AvgIpc) is 2.36. The van der Waals surface area contributed by atoms with E-state index < -0.39 is 18.0 Å². The van der Waals surface area contributed by atoms with Crippen molar-refractivity contribution < 1.29 is 23.9 Å². The third kappa shape index (κ3) is 4.79. The molecule has 1 aromatic carbocycles. The number of esters is 1. The van der Waals surface area contributed by atoms with Crippen molar-refractivity contribution in [3.05, 3.63) is 29.8 Å². The third-order valence-electron chi connectivity index (χ3n) is 2.31. The summed E-state index contributed by atoms with van der Waals surface area (Å²) in [6.07, 6.45) is -1.00. The summed E-state index contributed by atoms with van der Waals surface area (Å²) in [5, 5.41) is 0. The number of benzene rings is 1. The van der Waals surface area contributed by atoms with Crippen molar-refractivity contribution in [3.8, 4) is 5.75 Å². The molecule has 0 aromatic heterocycles. The number of nitrogens with two attached hydrogens (primary N) is 1. The number of rotatable bonds is 6. The lowest BCUT2D eigenvalue weighted by molar-refractivity contribution is -0.155. The summed E-state index contributed by atoms with van der Waals surface area (Å²) >= 11 is 0. The second-order valence-corrected chi connectivity index (χ2v) is 3.91. The molecule has 19 heavy (non-hydrogen) atoms. The van der Waals surface area contributed by atoms with Gasteiger partial charge >= 0.3 is 5.97 Å². The molecule has 0 aliphatic rings. The molecule has 1 aromatic rings. The van der Waals surface area contributed by atoms with Gasteiger partial charge in [0.1, 0.15) is 5.75 Å². The summed E-state index contributed by atoms with van der Waals surface area (Å²) in [5.41, 5.74) is 5.43. The summed E-state index contributed by atoms with van der Waals surface area (Å²) in [6, 6.07) is 6.41. The Morgan fingerprint density at radius 2 is 2.00 bits per heavy atom. The summed E-state index contributed by atoms with van der Waals surface area (Å²) in [7, 11) is 0. The molecule has 0 radical (unpaired) electrons. The van der Waals surface area contributed by atoms with Crippen molar-refractivity contribution in [2.24, 2.45) is 5.73 Å². The Morgan fingerprint density at radius 1 is 1.32 bits per heavy atom. The van der Waals surface area contributed by atoms with Crippen molar-refractivity contribution in [2.75, 3.05) is 6.61 Å². The Morgan fingerprint density at radius 3 is 2.58 bits per heavy atom. The first-order chi connectivity index (χ1) is 8.90. The van der Waals surface area contributed by atoms with Crippen molar-refractivity contribution in [3.63, 3.8) is 0 Å². The van der Waals surface area contributed by atoms with Crippen LogP contribution < -0.4 is 10.5 Å². The van der Waals surface area contributed by atoms with Gasteiger partial charge in [0.25, 0.3) is 5.91 Å². The standard InChI is InChI=1S/C13H15NO5/c1-8(15)10-4-3-5-11(6-10)18-7-12(16)19-9(2)13(14)17/h3-6,9H,7H2,1-2H3,(H2,14,17)/t9-/m0/s1. The fourth-order valence-electron chi connectivity index (χ4n) is 1.24. The molecule has 2 N–H and O–H groups in total. The number of Topliss-reactive ketones (excluding diaryl/α,β-unsaturated/α-hetero) is 1. The van der Waals surface area contributed by atoms with Crippen LogP contribution in [0.5, 0.6) is 5.75 Å². The lowest BCUT2D eigenvalue weighted by Gasteiger charge is -2.10. The van der Waals surface area contributed by atoms with Gasteiger partial charge in [-0.3, -0.25) is 9.59 Å². The Kier molecular flexibility index (Phi) is 5.05. The fourth-order valence-corrected chi connectivity index (χ4v) is 1.24. The van der Waals surface area contributed by atoms with E-state index in [9.17, 15) is 14.4 Å². The van der Waals surface area contributed by atoms with Gasteiger partial charge in [-0.15, -0.1) is 0 Å². The largest absolute Gasteiger partial charge is 0.482 e. The van der Waals surface area contributed by atoms with Crippen LogP contribution in [0, 0.1) is 0 Å². The Bertz CT molecular complexity index is 498. The highest BCUT2D eigenvalue weighted by Crippen LogP contribution is 2.13. The van der Waals surface area contributed by atoms with Crippen molar-refractivity contribution in [1.29, 1.82) is 0 Å². The van der Waals surface area contributed by atoms with Crippen molar-refractivity contribution in [2.45, 2.75) is 20.0 Å². The maximum atomic E-state index is 11.3. The van der Waals surface area contributed by atoms with Crippen molar-refractivity contribution >= 4 is 17.7 Å². The van der Waals surface area contributed by atoms with Gasteiger partial charge in [0, 0.05) is 5.56 Å². The van der Waals surface area contributed by atoms with Gasteiger partial charge in [-0.05, 0) is 26.0 Å². The van der Waals surface area contributed by atoms with Crippen LogP contribution in [0.4, 0.5) is 0 Å². The minimum atomic E-state index is -1.00. The molecule has 1 amide bonds. The average molecular weight is 265 g/mol. The quantitative estimate of drug-likeness (QED) is 0.603. The summed E-state index contributed by atoms with van der Waals surface area (Å²) in [4.78, 5) is 33.2. The lowest BCUT2D eigenvalue weighted by Crippen LogP contribution is -2.32. The van der Waals surface area contributed by atoms with E-state index in [1.54, 1.807) is 18.2 Å². The number of amides is 1. The van der Waals surface area contributed by atoms with Crippen LogP contribution >= 0.6 is 0 Å². The Hall–Kier alpha value is -2.37. The van der Waals surface area contributed by atoms with Crippen LogP contribution in [-0.2, 0) is 14.3 Å². The number of carbonyl (C=O) groups excluding carboxylic acids is 3. The molecule has 0 aliphatic carbocycles. The normalized spacial score (nSPS) is 11.5. The van der Waals surface area contributed by atoms with E-state index in [0.29, 0.717) is 11.3 Å². The van der Waals surface area contributed by atoms with Gasteiger partial charge in [-0.2, -0.15) is 0 Å². The molecule has 6 heteroatoms. The van der Waals surface area contributed by atoms with E-state index in [1.165, 1.54) is 19.9 Å². The highest BCUT2D eigenvalue weighted by Gasteiger charge is 2.14. The van der Waals surface area contributed by atoms with Gasteiger partial charge in [0.2, 0.25) is 0 Å². The van der Waals surface area contributed by atoms with Gasteiger partial charge < -0.3 is 15.2 Å². The van der Waals surface area contributed by atoms with E-state index in [1.807, 2.05) is 0 Å². The monoisotopic (exact) mass is 265 g/mol. The highest BCUT2D eigenvalue weighted by molar-refractivity contribution is 5.94. The molecule has 0 unspecified atom stereocenters. The molecule has 0 heterocycles. The van der Waals surface area contributed by atoms with E-state index in [4.69, 9.17) is 15.2 Å². The van der Waals surface area contributed by atoms with Crippen LogP contribution in [0.25, 0.3) is 0 Å². The summed E-state index contributed by atoms with van der Waals surface area (Å²) in [6.45, 7) is 2.44. The molecule has 0 spiro atoms. The highest BCUT2D eigenvalue weighted by atomic mass is 16.6. The predicted octanol–water partition coefficient (Wildman–Crippen LogP) is 0.685. The van der Waals surface area contributed by atoms with E-state index >= 15 is 0 Å². The number of primary amides is 1. The van der Waals surface area contributed by atoms with E-state index in [2.05, 4.69) is 0 Å². The second kappa shape index (κ2) is 6.53. The molecular weight excluding hydrogens is 250 g/mol. The van der Waals surface area contributed by atoms with Gasteiger partial charge in [-0.1, -0.05) is 12.1 Å². The maximum Gasteiger partial charge on any atom is 0.344 e. The maximum absolute atomic E-state index is 11.3. The molecule has 0 aliphatic heterocycles. The molecule has 1 rings (SSSR count). The van der Waals surface area contributed by atoms with Gasteiger partial charge in [0.05, 0.1) is 0 Å². The van der Waals surface area contributed by atoms with Gasteiger partial charge in [0.15, 0.2) is 18.5 Å². The zero-order valence-corrected chi connectivity index (χ0v) is 10.7. The molecule has 0 bridgehead atoms. The second-order valence-electron chi connectivity index (χ2n) is 3.91. The van der Waals surface area contributed by atoms with Crippen molar-refractivity contribution in [1.82, 2.24) is 0 Å². The number of hydrogen-bond acceptors (Lipinski definition) is 5. The van der Waals surface area contributed by atoms with Crippen LogP contribution in [0.3, 0.4) is 0 Å². The predicted molar refractivity (Wildman–Crippen MR) is 66.7 cm³/mol. The number of ketones is 1. The minimum Gasteiger partial charge on any atom is -0.482 e. The first-order valence-corrected chi connectivity index (χ1v) is 5.62. The third-order valence-corrected chi connectivity index (χ3v) is 2.31. The number of hydrogen-bond donors (Lipinski definition) is 1. The smallest absolute Gasteiger partial charge is 0.344 e. The SMILES string of the molecule is CC(=O)c1cccc(OCC(=O)O[C@@H](C)C(N)=O)c1. The zero-order chi connectivity index (χ0) is 14.4. The molecule has 102 valence electrons. The fraction of sp³-hybridized carbons (Fsp3) is 0.308. The van der Waals surface area contributed by atoms with E-state index in [-0.39, 0.29) is 12.4 Å². The van der Waals surface area contributed by atoms with Crippen LogP contribution in [0.1, 0.15) is 24.2 Å². The molecule has 0 saturated carbocycles.